The number of ether oxygens (including phenoxy) is 1. The monoisotopic (exact) mass is 214 g/mol. The van der Waals surface area contributed by atoms with Gasteiger partial charge in [0.2, 0.25) is 0 Å². The van der Waals surface area contributed by atoms with Gasteiger partial charge in [-0.3, -0.25) is 5.84 Å². The summed E-state index contributed by atoms with van der Waals surface area (Å²) in [5.74, 6) is 5.49. The van der Waals surface area contributed by atoms with E-state index >= 15 is 0 Å². The predicted molar refractivity (Wildman–Crippen MR) is 60.2 cm³/mol. The molecule has 1 heterocycles. The number of rotatable bonds is 6. The zero-order valence-corrected chi connectivity index (χ0v) is 9.56. The highest BCUT2D eigenvalue weighted by Gasteiger charge is 2.13. The topological polar surface area (TPSA) is 47.3 Å². The maximum atomic E-state index is 5.49. The molecule has 1 unspecified atom stereocenters. The first-order chi connectivity index (χ1) is 6.79. The van der Waals surface area contributed by atoms with Gasteiger partial charge in [0.1, 0.15) is 0 Å². The molecule has 3 N–H and O–H groups in total. The highest BCUT2D eigenvalue weighted by molar-refractivity contribution is 7.10. The molecule has 0 spiro atoms. The van der Waals surface area contributed by atoms with Crippen molar-refractivity contribution in [2.24, 2.45) is 5.84 Å². The summed E-state index contributed by atoms with van der Waals surface area (Å²) in [6.45, 7) is 5.63. The van der Waals surface area contributed by atoms with Crippen molar-refractivity contribution in [3.8, 4) is 0 Å². The molecule has 14 heavy (non-hydrogen) atoms. The lowest BCUT2D eigenvalue weighted by Gasteiger charge is -2.15. The molecule has 4 heteroatoms. The highest BCUT2D eigenvalue weighted by atomic mass is 32.1. The maximum absolute atomic E-state index is 5.49. The van der Waals surface area contributed by atoms with Gasteiger partial charge in [-0.25, -0.2) is 5.43 Å². The van der Waals surface area contributed by atoms with E-state index in [4.69, 9.17) is 10.6 Å². The lowest BCUT2D eigenvalue weighted by atomic mass is 10.2. The molecular formula is C10H18N2OS. The van der Waals surface area contributed by atoms with Gasteiger partial charge in [-0.15, -0.1) is 11.3 Å². The number of aryl methyl sites for hydroxylation is 1. The van der Waals surface area contributed by atoms with Crippen molar-refractivity contribution in [1.29, 1.82) is 0 Å². The molecule has 1 aromatic heterocycles. The van der Waals surface area contributed by atoms with Crippen LogP contribution in [0, 0.1) is 6.92 Å². The SMILES string of the molecule is CCCOCC(NN)c1sccc1C. The normalized spacial score (nSPS) is 13.1. The molecule has 0 bridgehead atoms. The Kier molecular flexibility index (Phi) is 5.11. The van der Waals surface area contributed by atoms with E-state index in [-0.39, 0.29) is 6.04 Å². The summed E-state index contributed by atoms with van der Waals surface area (Å²) < 4.78 is 5.48. The number of hydrazine groups is 1. The van der Waals surface area contributed by atoms with Crippen LogP contribution in [-0.2, 0) is 4.74 Å². The van der Waals surface area contributed by atoms with Crippen LogP contribution in [0.4, 0.5) is 0 Å². The molecule has 0 saturated carbocycles. The first-order valence-electron chi connectivity index (χ1n) is 4.87. The average molecular weight is 214 g/mol. The van der Waals surface area contributed by atoms with Gasteiger partial charge < -0.3 is 4.74 Å². The molecule has 0 aliphatic carbocycles. The first kappa shape index (κ1) is 11.7. The van der Waals surface area contributed by atoms with Crippen molar-refractivity contribution in [3.63, 3.8) is 0 Å². The van der Waals surface area contributed by atoms with Gasteiger partial charge in [-0.2, -0.15) is 0 Å². The molecule has 0 aliphatic rings. The van der Waals surface area contributed by atoms with Gasteiger partial charge in [-0.05, 0) is 30.4 Å². The minimum atomic E-state index is 0.126. The molecule has 1 rings (SSSR count). The van der Waals surface area contributed by atoms with E-state index in [1.165, 1.54) is 10.4 Å². The third kappa shape index (κ3) is 3.06. The van der Waals surface area contributed by atoms with Crippen LogP contribution < -0.4 is 11.3 Å². The van der Waals surface area contributed by atoms with E-state index in [0.717, 1.165) is 13.0 Å². The van der Waals surface area contributed by atoms with Gasteiger partial charge in [0, 0.05) is 11.5 Å². The number of hydrogen-bond donors (Lipinski definition) is 2. The standard InChI is InChI=1S/C10H18N2OS/c1-3-5-13-7-9(12-11)10-8(2)4-6-14-10/h4,6,9,12H,3,5,7,11H2,1-2H3. The van der Waals surface area contributed by atoms with E-state index in [1.54, 1.807) is 11.3 Å². The molecule has 0 amide bonds. The number of thiophene rings is 1. The summed E-state index contributed by atoms with van der Waals surface area (Å²) in [5, 5.41) is 2.08. The molecule has 80 valence electrons. The third-order valence-corrected chi connectivity index (χ3v) is 3.18. The van der Waals surface area contributed by atoms with E-state index in [1.807, 2.05) is 0 Å². The fraction of sp³-hybridized carbons (Fsp3) is 0.600. The average Bonchev–Trinajstić information content (AvgIpc) is 2.60. The Hall–Kier alpha value is -0.420. The van der Waals surface area contributed by atoms with Gasteiger partial charge >= 0.3 is 0 Å². The van der Waals surface area contributed by atoms with Gasteiger partial charge in [-0.1, -0.05) is 6.92 Å². The quantitative estimate of drug-likeness (QED) is 0.432. The van der Waals surface area contributed by atoms with Crippen molar-refractivity contribution >= 4 is 11.3 Å². The molecule has 1 aromatic rings. The Bertz CT molecular complexity index is 262. The molecule has 1 atom stereocenters. The molecule has 0 aromatic carbocycles. The van der Waals surface area contributed by atoms with Crippen molar-refractivity contribution in [2.75, 3.05) is 13.2 Å². The molecule has 3 nitrogen and oxygen atoms in total. The van der Waals surface area contributed by atoms with Crippen LogP contribution >= 0.6 is 11.3 Å². The van der Waals surface area contributed by atoms with Crippen LogP contribution in [0.5, 0.6) is 0 Å². The molecular weight excluding hydrogens is 196 g/mol. The highest BCUT2D eigenvalue weighted by Crippen LogP contribution is 2.23. The van der Waals surface area contributed by atoms with Crippen LogP contribution in [0.15, 0.2) is 11.4 Å². The van der Waals surface area contributed by atoms with E-state index in [2.05, 4.69) is 30.7 Å². The maximum Gasteiger partial charge on any atom is 0.0789 e. The Balaban J connectivity index is 2.50. The first-order valence-corrected chi connectivity index (χ1v) is 5.75. The van der Waals surface area contributed by atoms with E-state index < -0.39 is 0 Å². The summed E-state index contributed by atoms with van der Waals surface area (Å²) in [7, 11) is 0. The lowest BCUT2D eigenvalue weighted by Crippen LogP contribution is -2.31. The smallest absolute Gasteiger partial charge is 0.0789 e. The number of nitrogens with two attached hydrogens (primary N) is 1. The van der Waals surface area contributed by atoms with Crippen LogP contribution in [0.1, 0.15) is 29.8 Å². The minimum Gasteiger partial charge on any atom is -0.379 e. The lowest BCUT2D eigenvalue weighted by molar-refractivity contribution is 0.113. The second-order valence-corrected chi connectivity index (χ2v) is 4.21. The second kappa shape index (κ2) is 6.14. The fourth-order valence-corrected chi connectivity index (χ4v) is 2.26. The summed E-state index contributed by atoms with van der Waals surface area (Å²) in [6, 6.07) is 2.23. The Morgan fingerprint density at radius 1 is 1.64 bits per heavy atom. The van der Waals surface area contributed by atoms with Crippen molar-refractivity contribution in [3.05, 3.63) is 21.9 Å². The summed E-state index contributed by atoms with van der Waals surface area (Å²) in [6.07, 6.45) is 1.04. The van der Waals surface area contributed by atoms with E-state index in [9.17, 15) is 0 Å². The van der Waals surface area contributed by atoms with Crippen molar-refractivity contribution < 1.29 is 4.74 Å². The van der Waals surface area contributed by atoms with Gasteiger partial charge in [0.15, 0.2) is 0 Å². The third-order valence-electron chi connectivity index (χ3n) is 2.05. The Labute approximate surface area is 89.2 Å². The molecule has 0 fully saturated rings. The predicted octanol–water partition coefficient (Wildman–Crippen LogP) is 1.99. The fourth-order valence-electron chi connectivity index (χ4n) is 1.29. The van der Waals surface area contributed by atoms with Crippen LogP contribution in [-0.4, -0.2) is 13.2 Å². The van der Waals surface area contributed by atoms with E-state index in [0.29, 0.717) is 6.61 Å². The Morgan fingerprint density at radius 3 is 2.93 bits per heavy atom. The van der Waals surface area contributed by atoms with Crippen LogP contribution in [0.2, 0.25) is 0 Å². The number of nitrogens with one attached hydrogen (secondary N) is 1. The van der Waals surface area contributed by atoms with Gasteiger partial charge in [0.25, 0.3) is 0 Å². The van der Waals surface area contributed by atoms with Crippen LogP contribution in [0.3, 0.4) is 0 Å². The largest absolute Gasteiger partial charge is 0.379 e. The molecule has 0 saturated heterocycles. The number of hydrogen-bond acceptors (Lipinski definition) is 4. The van der Waals surface area contributed by atoms with Crippen molar-refractivity contribution in [1.82, 2.24) is 5.43 Å². The van der Waals surface area contributed by atoms with Crippen LogP contribution in [0.25, 0.3) is 0 Å². The summed E-state index contributed by atoms with van der Waals surface area (Å²) >= 11 is 1.72. The summed E-state index contributed by atoms with van der Waals surface area (Å²) in [4.78, 5) is 1.27. The minimum absolute atomic E-state index is 0.126. The molecule has 0 radical (unpaired) electrons. The second-order valence-electron chi connectivity index (χ2n) is 3.26. The van der Waals surface area contributed by atoms with Crippen molar-refractivity contribution in [2.45, 2.75) is 26.3 Å². The zero-order chi connectivity index (χ0) is 10.4. The summed E-state index contributed by atoms with van der Waals surface area (Å²) in [5.41, 5.74) is 4.07. The molecule has 0 aliphatic heterocycles. The Morgan fingerprint density at radius 2 is 2.43 bits per heavy atom. The zero-order valence-electron chi connectivity index (χ0n) is 8.75. The van der Waals surface area contributed by atoms with Gasteiger partial charge in [0.05, 0.1) is 12.6 Å².